The van der Waals surface area contributed by atoms with Gasteiger partial charge in [0.05, 0.1) is 0 Å². The number of carbonyl (C=O) groups is 1. The summed E-state index contributed by atoms with van der Waals surface area (Å²) in [6.07, 6.45) is 1.00. The van der Waals surface area contributed by atoms with E-state index in [4.69, 9.17) is 9.93 Å². The number of carbonyl (C=O) groups excluding carboxylic acids is 1. The second-order valence-corrected chi connectivity index (χ2v) is 12.0. The summed E-state index contributed by atoms with van der Waals surface area (Å²) in [5, 5.41) is 12.5. The van der Waals surface area contributed by atoms with Crippen molar-refractivity contribution in [2.75, 3.05) is 25.1 Å². The Labute approximate surface area is 197 Å². The average Bonchev–Trinajstić information content (AvgIpc) is 3.32. The first-order valence-electron chi connectivity index (χ1n) is 10.2. The quantitative estimate of drug-likeness (QED) is 0.200. The Kier molecular flexibility index (Phi) is 6.76. The van der Waals surface area contributed by atoms with E-state index in [1.165, 1.54) is 9.30 Å². The molecule has 4 rings (SSSR count). The van der Waals surface area contributed by atoms with Crippen LogP contribution in [0.25, 0.3) is 11.3 Å². The van der Waals surface area contributed by atoms with Crippen molar-refractivity contribution in [3.05, 3.63) is 63.5 Å². The van der Waals surface area contributed by atoms with Gasteiger partial charge in [-0.3, -0.25) is 5.41 Å². The molecule has 1 aliphatic rings. The average molecular weight is 549 g/mol. The second kappa shape index (κ2) is 9.52. The molecule has 164 valence electrons. The maximum absolute atomic E-state index is 12.7. The van der Waals surface area contributed by atoms with E-state index in [2.05, 4.69) is 18.1 Å². The first-order valence-corrected chi connectivity index (χ1v) is 13.8. The normalized spacial score (nSPS) is 15.3. The molecular formula is C23H26IN4O2S-. The van der Waals surface area contributed by atoms with E-state index in [1.54, 1.807) is 23.3 Å². The SMILES string of the molecule is CCCN(C)C(=N)c1ccc(-c2cc(CN(C)C(=O)c3ccc(C4C[I-]4)s3)on2)cc1. The summed E-state index contributed by atoms with van der Waals surface area (Å²) in [6, 6.07) is 13.7. The minimum Gasteiger partial charge on any atom is -0.0506 e. The molecular weight excluding hydrogens is 523 g/mol. The van der Waals surface area contributed by atoms with Crippen molar-refractivity contribution >= 4 is 23.1 Å². The van der Waals surface area contributed by atoms with Gasteiger partial charge in [0.2, 0.25) is 0 Å². The Bertz CT molecular complexity index is 1070. The van der Waals surface area contributed by atoms with Gasteiger partial charge < -0.3 is 4.90 Å². The molecule has 0 saturated carbocycles. The van der Waals surface area contributed by atoms with Crippen LogP contribution < -0.4 is 21.2 Å². The van der Waals surface area contributed by atoms with Gasteiger partial charge in [0, 0.05) is 19.2 Å². The summed E-state index contributed by atoms with van der Waals surface area (Å²) in [5.74, 6) is 1.18. The molecule has 2 aromatic heterocycles. The number of nitrogens with zero attached hydrogens (tertiary/aromatic N) is 3. The molecule has 3 aromatic rings. The fraction of sp³-hybridized carbons (Fsp3) is 0.348. The molecule has 0 radical (unpaired) electrons. The predicted molar refractivity (Wildman–Crippen MR) is 119 cm³/mol. The standard InChI is InChI=1S/C23H26IN4O2S/c1-4-11-27(2)22(25)16-7-5-15(6-8-16)19-12-17(30-26-19)14-28(3)23(29)21-10-9-20(31-21)18-13-24-18/h5-10,12,18,25H,4,11,13-14H2,1-3H3/q-1. The molecule has 6 nitrogen and oxygen atoms in total. The molecule has 1 amide bonds. The molecule has 1 aliphatic heterocycles. The first-order chi connectivity index (χ1) is 15.0. The van der Waals surface area contributed by atoms with E-state index in [0.717, 1.165) is 38.6 Å². The van der Waals surface area contributed by atoms with Crippen molar-refractivity contribution < 1.29 is 30.5 Å². The van der Waals surface area contributed by atoms with Gasteiger partial charge in [-0.25, -0.2) is 0 Å². The third kappa shape index (κ3) is 5.17. The molecule has 1 atom stereocenters. The number of halogens is 1. The fourth-order valence-corrected chi connectivity index (χ4v) is 6.77. The van der Waals surface area contributed by atoms with Crippen molar-refractivity contribution in [2.45, 2.75) is 23.8 Å². The Balaban J connectivity index is 1.39. The van der Waals surface area contributed by atoms with Crippen molar-refractivity contribution in [3.8, 4) is 11.3 Å². The van der Waals surface area contributed by atoms with Crippen LogP contribution in [0.3, 0.4) is 0 Å². The van der Waals surface area contributed by atoms with E-state index in [1.807, 2.05) is 48.3 Å². The van der Waals surface area contributed by atoms with E-state index >= 15 is 0 Å². The van der Waals surface area contributed by atoms with Crippen LogP contribution >= 0.6 is 11.3 Å². The molecule has 3 heterocycles. The third-order valence-corrected chi connectivity index (χ3v) is 9.19. The molecule has 1 N–H and O–H groups in total. The molecule has 1 fully saturated rings. The van der Waals surface area contributed by atoms with E-state index < -0.39 is 0 Å². The van der Waals surface area contributed by atoms with Gasteiger partial charge in [0.15, 0.2) is 0 Å². The summed E-state index contributed by atoms with van der Waals surface area (Å²) < 4.78 is 7.61. The number of amidine groups is 1. The van der Waals surface area contributed by atoms with Crippen LogP contribution in [0.1, 0.15) is 43.1 Å². The molecule has 8 heteroatoms. The van der Waals surface area contributed by atoms with Crippen LogP contribution in [0.15, 0.2) is 47.0 Å². The van der Waals surface area contributed by atoms with E-state index in [-0.39, 0.29) is 5.91 Å². The maximum atomic E-state index is 12.7. The van der Waals surface area contributed by atoms with Gasteiger partial charge >= 0.3 is 137 Å². The number of nitrogens with one attached hydrogen (secondary N) is 1. The van der Waals surface area contributed by atoms with Crippen LogP contribution in [-0.4, -0.2) is 51.8 Å². The van der Waals surface area contributed by atoms with Gasteiger partial charge in [-0.2, -0.15) is 0 Å². The van der Waals surface area contributed by atoms with E-state index in [0.29, 0.717) is 39.3 Å². The van der Waals surface area contributed by atoms with Crippen LogP contribution in [0.4, 0.5) is 0 Å². The van der Waals surface area contributed by atoms with Gasteiger partial charge in [-0.15, -0.1) is 0 Å². The summed E-state index contributed by atoms with van der Waals surface area (Å²) in [7, 11) is 3.73. The van der Waals surface area contributed by atoms with Gasteiger partial charge in [0.1, 0.15) is 5.84 Å². The Morgan fingerprint density at radius 3 is 2.65 bits per heavy atom. The summed E-state index contributed by atoms with van der Waals surface area (Å²) >= 11 is 1.98. The molecule has 1 aromatic carbocycles. The van der Waals surface area contributed by atoms with Crippen LogP contribution in [0.5, 0.6) is 0 Å². The zero-order valence-electron chi connectivity index (χ0n) is 17.9. The van der Waals surface area contributed by atoms with Crippen LogP contribution in [0, 0.1) is 5.41 Å². The van der Waals surface area contributed by atoms with Crippen molar-refractivity contribution in [1.29, 1.82) is 5.41 Å². The van der Waals surface area contributed by atoms with Crippen LogP contribution in [-0.2, 0) is 6.54 Å². The molecule has 0 spiro atoms. The number of hydrogen-bond acceptors (Lipinski definition) is 5. The Morgan fingerprint density at radius 2 is 1.97 bits per heavy atom. The Morgan fingerprint density at radius 1 is 1.23 bits per heavy atom. The van der Waals surface area contributed by atoms with E-state index in [9.17, 15) is 4.79 Å². The fourth-order valence-electron chi connectivity index (χ4n) is 3.32. The topological polar surface area (TPSA) is 73.4 Å². The van der Waals surface area contributed by atoms with Gasteiger partial charge in [0.25, 0.3) is 0 Å². The number of alkyl halides is 2. The second-order valence-electron chi connectivity index (χ2n) is 7.67. The predicted octanol–water partition coefficient (Wildman–Crippen LogP) is 1.49. The minimum absolute atomic E-state index is 0.0205. The smallest absolute Gasteiger partial charge is 0.0506 e. The zero-order chi connectivity index (χ0) is 22.0. The van der Waals surface area contributed by atoms with Gasteiger partial charge in [-0.05, 0) is 6.42 Å². The monoisotopic (exact) mass is 549 g/mol. The zero-order valence-corrected chi connectivity index (χ0v) is 20.9. The van der Waals surface area contributed by atoms with Gasteiger partial charge in [-0.1, -0.05) is 19.1 Å². The number of benzene rings is 1. The van der Waals surface area contributed by atoms with Crippen molar-refractivity contribution in [1.82, 2.24) is 15.0 Å². The minimum atomic E-state index is 0.0205. The van der Waals surface area contributed by atoms with Crippen molar-refractivity contribution in [3.63, 3.8) is 0 Å². The summed E-state index contributed by atoms with van der Waals surface area (Å²) in [4.78, 5) is 18.5. The number of thiophene rings is 1. The number of amides is 1. The molecule has 0 aliphatic carbocycles. The van der Waals surface area contributed by atoms with Crippen molar-refractivity contribution in [2.24, 2.45) is 0 Å². The third-order valence-electron chi connectivity index (χ3n) is 5.15. The number of hydrogen-bond donors (Lipinski definition) is 1. The molecule has 0 bridgehead atoms. The van der Waals surface area contributed by atoms with Crippen LogP contribution in [0.2, 0.25) is 0 Å². The summed E-state index contributed by atoms with van der Waals surface area (Å²) in [6.45, 7) is 3.33. The summed E-state index contributed by atoms with van der Waals surface area (Å²) in [5.41, 5.74) is 2.53. The molecule has 31 heavy (non-hydrogen) atoms. The first kappa shape index (κ1) is 22.0. The number of rotatable bonds is 8. The number of aromatic nitrogens is 1. The Hall–Kier alpha value is -2.20. The molecule has 1 saturated heterocycles. The molecule has 1 unspecified atom stereocenters.